The van der Waals surface area contributed by atoms with Crippen molar-refractivity contribution < 1.29 is 9.32 Å². The van der Waals surface area contributed by atoms with Crippen LogP contribution >= 0.6 is 0 Å². The van der Waals surface area contributed by atoms with Crippen LogP contribution in [0.4, 0.5) is 0 Å². The molecule has 2 heterocycles. The third kappa shape index (κ3) is 4.15. The van der Waals surface area contributed by atoms with Crippen LogP contribution < -0.4 is 0 Å². The fourth-order valence-electron chi connectivity index (χ4n) is 2.65. The average Bonchev–Trinajstić information content (AvgIpc) is 3.03. The highest BCUT2D eigenvalue weighted by molar-refractivity contribution is 5.96. The number of carbonyl (C=O) groups is 1. The summed E-state index contributed by atoms with van der Waals surface area (Å²) >= 11 is 0. The van der Waals surface area contributed by atoms with Crippen LogP contribution in [-0.4, -0.2) is 40.0 Å². The van der Waals surface area contributed by atoms with E-state index in [1.165, 1.54) is 0 Å². The van der Waals surface area contributed by atoms with E-state index >= 15 is 0 Å². The topological polar surface area (TPSA) is 59.2 Å². The number of hydrogen-bond acceptors (Lipinski definition) is 5. The molecule has 0 spiro atoms. The van der Waals surface area contributed by atoms with Crippen LogP contribution in [0.25, 0.3) is 0 Å². The van der Waals surface area contributed by atoms with E-state index in [9.17, 15) is 4.79 Å². The number of ketones is 1. The summed E-state index contributed by atoms with van der Waals surface area (Å²) in [5, 5.41) is 3.91. The zero-order valence-electron chi connectivity index (χ0n) is 14.8. The van der Waals surface area contributed by atoms with E-state index in [0.29, 0.717) is 5.89 Å². The van der Waals surface area contributed by atoms with E-state index in [0.717, 1.165) is 32.4 Å². The lowest BCUT2D eigenvalue weighted by Crippen LogP contribution is -2.38. The quantitative estimate of drug-likeness (QED) is 0.797. The number of nitrogens with zero attached hydrogens (tertiary/aromatic N) is 3. The van der Waals surface area contributed by atoms with Gasteiger partial charge in [0.05, 0.1) is 6.04 Å². The molecule has 1 aliphatic rings. The number of rotatable bonds is 4. The SMILES string of the molecule is CC(C)(C)CCN1CCCC1C(=O)c1noc(C(C)(C)C)n1. The second-order valence-corrected chi connectivity index (χ2v) is 8.54. The van der Waals surface area contributed by atoms with Crippen molar-refractivity contribution in [2.24, 2.45) is 5.41 Å². The highest BCUT2D eigenvalue weighted by atomic mass is 16.5. The van der Waals surface area contributed by atoms with Gasteiger partial charge in [0.25, 0.3) is 0 Å². The van der Waals surface area contributed by atoms with Gasteiger partial charge in [0, 0.05) is 5.41 Å². The smallest absolute Gasteiger partial charge is 0.240 e. The number of Topliss-reactive ketones (excluding diaryl/α,β-unsaturated/α-hetero) is 1. The highest BCUT2D eigenvalue weighted by Crippen LogP contribution is 2.26. The van der Waals surface area contributed by atoms with Crippen LogP contribution in [0, 0.1) is 5.41 Å². The lowest BCUT2D eigenvalue weighted by Gasteiger charge is -2.26. The van der Waals surface area contributed by atoms with E-state index < -0.39 is 0 Å². The predicted molar refractivity (Wildman–Crippen MR) is 86.0 cm³/mol. The van der Waals surface area contributed by atoms with Gasteiger partial charge < -0.3 is 4.52 Å². The summed E-state index contributed by atoms with van der Waals surface area (Å²) in [5.74, 6) is 0.762. The second kappa shape index (κ2) is 6.11. The Hall–Kier alpha value is -1.23. The lowest BCUT2D eigenvalue weighted by molar-refractivity contribution is 0.0842. The molecule has 22 heavy (non-hydrogen) atoms. The van der Waals surface area contributed by atoms with Crippen LogP contribution in [0.3, 0.4) is 0 Å². The van der Waals surface area contributed by atoms with Gasteiger partial charge in [-0.05, 0) is 37.8 Å². The maximum absolute atomic E-state index is 12.7. The minimum Gasteiger partial charge on any atom is -0.338 e. The van der Waals surface area contributed by atoms with Crippen LogP contribution in [0.5, 0.6) is 0 Å². The first-order chi connectivity index (χ1) is 10.1. The van der Waals surface area contributed by atoms with Crippen LogP contribution in [0.1, 0.15) is 77.3 Å². The van der Waals surface area contributed by atoms with Gasteiger partial charge in [0.2, 0.25) is 17.5 Å². The maximum atomic E-state index is 12.7. The summed E-state index contributed by atoms with van der Waals surface area (Å²) in [4.78, 5) is 19.3. The Kier molecular flexibility index (Phi) is 4.76. The van der Waals surface area contributed by atoms with E-state index in [1.54, 1.807) is 0 Å². The average molecular weight is 307 g/mol. The zero-order chi connectivity index (χ0) is 16.5. The van der Waals surface area contributed by atoms with Gasteiger partial charge in [-0.2, -0.15) is 4.98 Å². The summed E-state index contributed by atoms with van der Waals surface area (Å²) < 4.78 is 5.26. The van der Waals surface area contributed by atoms with Crippen molar-refractivity contribution in [1.82, 2.24) is 15.0 Å². The molecule has 5 nitrogen and oxygen atoms in total. The Morgan fingerprint density at radius 2 is 1.95 bits per heavy atom. The molecule has 1 saturated heterocycles. The lowest BCUT2D eigenvalue weighted by atomic mass is 9.92. The molecule has 0 radical (unpaired) electrons. The minimum absolute atomic E-state index is 0.00524. The molecule has 124 valence electrons. The molecule has 1 atom stereocenters. The Bertz CT molecular complexity index is 523. The van der Waals surface area contributed by atoms with Crippen molar-refractivity contribution >= 4 is 5.78 Å². The molecule has 1 aromatic rings. The Labute approximate surface area is 133 Å². The largest absolute Gasteiger partial charge is 0.338 e. The van der Waals surface area contributed by atoms with Gasteiger partial charge in [-0.3, -0.25) is 9.69 Å². The fraction of sp³-hybridized carbons (Fsp3) is 0.824. The fourth-order valence-corrected chi connectivity index (χ4v) is 2.65. The van der Waals surface area contributed by atoms with Crippen LogP contribution in [0.15, 0.2) is 4.52 Å². The van der Waals surface area contributed by atoms with E-state index in [2.05, 4.69) is 35.8 Å². The number of hydrogen-bond donors (Lipinski definition) is 0. The van der Waals surface area contributed by atoms with Gasteiger partial charge in [-0.25, -0.2) is 0 Å². The molecule has 2 rings (SSSR count). The predicted octanol–water partition coefficient (Wildman–Crippen LogP) is 3.45. The molecule has 0 bridgehead atoms. The van der Waals surface area contributed by atoms with Gasteiger partial charge >= 0.3 is 0 Å². The Balaban J connectivity index is 2.06. The molecular formula is C17H29N3O2. The molecule has 0 amide bonds. The molecule has 1 aromatic heterocycles. The highest BCUT2D eigenvalue weighted by Gasteiger charge is 2.35. The van der Waals surface area contributed by atoms with Crippen molar-refractivity contribution in [2.75, 3.05) is 13.1 Å². The van der Waals surface area contributed by atoms with Crippen LogP contribution in [-0.2, 0) is 5.41 Å². The van der Waals surface area contributed by atoms with Gasteiger partial charge in [0.1, 0.15) is 0 Å². The van der Waals surface area contributed by atoms with Crippen LogP contribution in [0.2, 0.25) is 0 Å². The molecule has 0 aromatic carbocycles. The third-order valence-electron chi connectivity index (χ3n) is 4.10. The number of aromatic nitrogens is 2. The summed E-state index contributed by atoms with van der Waals surface area (Å²) in [6, 6.07) is -0.0900. The molecule has 1 aliphatic heterocycles. The summed E-state index contributed by atoms with van der Waals surface area (Å²) in [6.07, 6.45) is 3.03. The van der Waals surface area contributed by atoms with Gasteiger partial charge in [-0.1, -0.05) is 46.7 Å². The van der Waals surface area contributed by atoms with E-state index in [4.69, 9.17) is 4.52 Å². The van der Waals surface area contributed by atoms with Crippen molar-refractivity contribution in [3.63, 3.8) is 0 Å². The molecule has 1 fully saturated rings. The van der Waals surface area contributed by atoms with Gasteiger partial charge in [-0.15, -0.1) is 0 Å². The third-order valence-corrected chi connectivity index (χ3v) is 4.10. The first-order valence-corrected chi connectivity index (χ1v) is 8.20. The first kappa shape index (κ1) is 17.1. The first-order valence-electron chi connectivity index (χ1n) is 8.20. The van der Waals surface area contributed by atoms with Crippen molar-refractivity contribution in [3.8, 4) is 0 Å². The monoisotopic (exact) mass is 307 g/mol. The molecule has 0 aliphatic carbocycles. The molecule has 1 unspecified atom stereocenters. The van der Waals surface area contributed by atoms with Crippen molar-refractivity contribution in [3.05, 3.63) is 11.7 Å². The maximum Gasteiger partial charge on any atom is 0.240 e. The zero-order valence-corrected chi connectivity index (χ0v) is 14.8. The standard InChI is InChI=1S/C17H29N3O2/c1-16(2,3)9-11-20-10-7-8-12(20)13(21)14-18-15(22-19-14)17(4,5)6/h12H,7-11H2,1-6H3. The normalized spacial score (nSPS) is 20.5. The van der Waals surface area contributed by atoms with E-state index in [1.807, 2.05) is 20.8 Å². The molecule has 0 N–H and O–H groups in total. The second-order valence-electron chi connectivity index (χ2n) is 8.54. The minimum atomic E-state index is -0.229. The van der Waals surface area contributed by atoms with Crippen molar-refractivity contribution in [1.29, 1.82) is 0 Å². The number of likely N-dealkylation sites (tertiary alicyclic amines) is 1. The van der Waals surface area contributed by atoms with Gasteiger partial charge in [0.15, 0.2) is 0 Å². The summed E-state index contributed by atoms with van der Waals surface area (Å²) in [6.45, 7) is 14.6. The van der Waals surface area contributed by atoms with E-state index in [-0.39, 0.29) is 28.5 Å². The molecule has 5 heteroatoms. The molecule has 0 saturated carbocycles. The Morgan fingerprint density at radius 3 is 2.50 bits per heavy atom. The van der Waals surface area contributed by atoms with Crippen molar-refractivity contribution in [2.45, 2.75) is 72.3 Å². The summed E-state index contributed by atoms with van der Waals surface area (Å²) in [5.41, 5.74) is 0.0505. The molecular weight excluding hydrogens is 278 g/mol. The summed E-state index contributed by atoms with van der Waals surface area (Å²) in [7, 11) is 0. The Morgan fingerprint density at radius 1 is 1.27 bits per heavy atom. The number of carbonyl (C=O) groups excluding carboxylic acids is 1.